The van der Waals surface area contributed by atoms with Gasteiger partial charge in [-0.25, -0.2) is 4.68 Å². The van der Waals surface area contributed by atoms with Crippen LogP contribution in [0.3, 0.4) is 0 Å². The standard InChI is InChI=1S/C25H29ClN4O3/c1-25(2,3)21-16-22(30(28-21)20-13-9-8-12-19(20)26)27-23(31)17-29(14-15-33-4)24(32)18-10-6-5-7-11-18/h5-13,16H,14-15,17H2,1-4H3,(H,27,31). The van der Waals surface area contributed by atoms with E-state index in [4.69, 9.17) is 21.4 Å². The average molecular weight is 469 g/mol. The molecule has 33 heavy (non-hydrogen) atoms. The van der Waals surface area contributed by atoms with E-state index in [-0.39, 0.29) is 30.3 Å². The fourth-order valence-electron chi connectivity index (χ4n) is 3.22. The first-order valence-electron chi connectivity index (χ1n) is 10.7. The molecule has 0 saturated carbocycles. The highest BCUT2D eigenvalue weighted by atomic mass is 35.5. The Labute approximate surface area is 199 Å². The van der Waals surface area contributed by atoms with Crippen molar-refractivity contribution in [2.45, 2.75) is 26.2 Å². The number of carbonyl (C=O) groups excluding carboxylic acids is 2. The van der Waals surface area contributed by atoms with Gasteiger partial charge in [0.2, 0.25) is 5.91 Å². The van der Waals surface area contributed by atoms with Crippen LogP contribution in [0.4, 0.5) is 5.82 Å². The first kappa shape index (κ1) is 24.5. The van der Waals surface area contributed by atoms with E-state index in [0.717, 1.165) is 5.69 Å². The Hall–Kier alpha value is -3.16. The smallest absolute Gasteiger partial charge is 0.254 e. The highest BCUT2D eigenvalue weighted by molar-refractivity contribution is 6.32. The number of para-hydroxylation sites is 1. The highest BCUT2D eigenvalue weighted by Gasteiger charge is 2.24. The van der Waals surface area contributed by atoms with E-state index in [9.17, 15) is 9.59 Å². The molecule has 0 bridgehead atoms. The number of hydrogen-bond acceptors (Lipinski definition) is 4. The summed E-state index contributed by atoms with van der Waals surface area (Å²) in [6.45, 7) is 6.61. The molecule has 1 N–H and O–H groups in total. The second-order valence-corrected chi connectivity index (χ2v) is 9.07. The Balaban J connectivity index is 1.86. The van der Waals surface area contributed by atoms with Gasteiger partial charge >= 0.3 is 0 Å². The minimum atomic E-state index is -0.343. The molecule has 1 aromatic heterocycles. The molecule has 0 unspecified atom stereocenters. The number of ether oxygens (including phenoxy) is 1. The zero-order chi connectivity index (χ0) is 24.0. The number of nitrogens with one attached hydrogen (secondary N) is 1. The van der Waals surface area contributed by atoms with Gasteiger partial charge in [-0.2, -0.15) is 5.10 Å². The third kappa shape index (κ3) is 6.21. The number of carbonyl (C=O) groups is 2. The molecule has 0 spiro atoms. The molecule has 174 valence electrons. The first-order chi connectivity index (χ1) is 15.7. The summed E-state index contributed by atoms with van der Waals surface area (Å²) >= 11 is 6.40. The predicted octanol–water partition coefficient (Wildman–Crippen LogP) is 4.55. The molecule has 7 nitrogen and oxygen atoms in total. The van der Waals surface area contributed by atoms with Crippen LogP contribution < -0.4 is 5.32 Å². The number of halogens is 1. The molecule has 0 radical (unpaired) electrons. The van der Waals surface area contributed by atoms with Crippen molar-refractivity contribution in [1.82, 2.24) is 14.7 Å². The molecule has 3 aromatic rings. The monoisotopic (exact) mass is 468 g/mol. The van der Waals surface area contributed by atoms with Gasteiger partial charge in [0.1, 0.15) is 12.4 Å². The Morgan fingerprint density at radius 1 is 1.09 bits per heavy atom. The zero-order valence-corrected chi connectivity index (χ0v) is 20.1. The van der Waals surface area contributed by atoms with Gasteiger partial charge in [0.15, 0.2) is 0 Å². The van der Waals surface area contributed by atoms with Crippen molar-refractivity contribution >= 4 is 29.2 Å². The van der Waals surface area contributed by atoms with Crippen molar-refractivity contribution in [3.05, 3.63) is 76.9 Å². The molecule has 0 aliphatic heterocycles. The van der Waals surface area contributed by atoms with Crippen LogP contribution in [-0.4, -0.2) is 53.3 Å². The maximum absolute atomic E-state index is 13.0. The second kappa shape index (κ2) is 10.6. The molecule has 0 aliphatic rings. The van der Waals surface area contributed by atoms with Gasteiger partial charge in [0, 0.05) is 30.7 Å². The molecular formula is C25H29ClN4O3. The van der Waals surface area contributed by atoms with Crippen molar-refractivity contribution in [3.63, 3.8) is 0 Å². The maximum atomic E-state index is 13.0. The Bertz CT molecular complexity index is 1110. The molecular weight excluding hydrogens is 440 g/mol. The number of aromatic nitrogens is 2. The summed E-state index contributed by atoms with van der Waals surface area (Å²) in [5.41, 5.74) is 1.73. The number of benzene rings is 2. The molecule has 8 heteroatoms. The van der Waals surface area contributed by atoms with E-state index in [2.05, 4.69) is 5.32 Å². The van der Waals surface area contributed by atoms with Crippen LogP contribution in [0.5, 0.6) is 0 Å². The average Bonchev–Trinajstić information content (AvgIpc) is 3.21. The predicted molar refractivity (Wildman–Crippen MR) is 130 cm³/mol. The van der Waals surface area contributed by atoms with Crippen LogP contribution in [0, 0.1) is 0 Å². The van der Waals surface area contributed by atoms with E-state index in [1.807, 2.05) is 51.1 Å². The van der Waals surface area contributed by atoms with Gasteiger partial charge in [-0.1, -0.05) is 62.7 Å². The number of methoxy groups -OCH3 is 1. The third-order valence-corrected chi connectivity index (χ3v) is 5.35. The first-order valence-corrected chi connectivity index (χ1v) is 11.1. The molecule has 0 saturated heterocycles. The van der Waals surface area contributed by atoms with Crippen molar-refractivity contribution in [2.75, 3.05) is 32.1 Å². The van der Waals surface area contributed by atoms with Crippen molar-refractivity contribution in [2.24, 2.45) is 0 Å². The SMILES string of the molecule is COCCN(CC(=O)Nc1cc(C(C)(C)C)nn1-c1ccccc1Cl)C(=O)c1ccccc1. The summed E-state index contributed by atoms with van der Waals surface area (Å²) in [7, 11) is 1.56. The fraction of sp³-hybridized carbons (Fsp3) is 0.320. The van der Waals surface area contributed by atoms with Crippen molar-refractivity contribution in [1.29, 1.82) is 0 Å². The topological polar surface area (TPSA) is 76.5 Å². The van der Waals surface area contributed by atoms with Gasteiger partial charge in [-0.05, 0) is 24.3 Å². The van der Waals surface area contributed by atoms with Gasteiger partial charge < -0.3 is 15.0 Å². The molecule has 3 rings (SSSR count). The van der Waals surface area contributed by atoms with Gasteiger partial charge in [-0.15, -0.1) is 0 Å². The number of anilines is 1. The van der Waals surface area contributed by atoms with E-state index in [0.29, 0.717) is 28.7 Å². The third-order valence-electron chi connectivity index (χ3n) is 5.03. The van der Waals surface area contributed by atoms with Crippen LogP contribution in [0.2, 0.25) is 5.02 Å². The summed E-state index contributed by atoms with van der Waals surface area (Å²) in [6, 6.07) is 18.0. The normalized spacial score (nSPS) is 11.3. The molecule has 2 aromatic carbocycles. The summed E-state index contributed by atoms with van der Waals surface area (Å²) < 4.78 is 6.76. The molecule has 0 aliphatic carbocycles. The Kier molecular flexibility index (Phi) is 7.89. The summed E-state index contributed by atoms with van der Waals surface area (Å²) in [4.78, 5) is 27.5. The van der Waals surface area contributed by atoms with Crippen LogP contribution in [0.1, 0.15) is 36.8 Å². The van der Waals surface area contributed by atoms with Crippen molar-refractivity contribution in [3.8, 4) is 5.69 Å². The molecule has 1 heterocycles. The Morgan fingerprint density at radius 2 is 1.76 bits per heavy atom. The summed E-state index contributed by atoms with van der Waals surface area (Å²) in [6.07, 6.45) is 0. The molecule has 2 amide bonds. The lowest BCUT2D eigenvalue weighted by Crippen LogP contribution is -2.40. The highest BCUT2D eigenvalue weighted by Crippen LogP contribution is 2.29. The lowest BCUT2D eigenvalue weighted by Gasteiger charge is -2.22. The quantitative estimate of drug-likeness (QED) is 0.526. The van der Waals surface area contributed by atoms with E-state index < -0.39 is 0 Å². The van der Waals surface area contributed by atoms with Crippen LogP contribution in [0.15, 0.2) is 60.7 Å². The van der Waals surface area contributed by atoms with E-state index >= 15 is 0 Å². The summed E-state index contributed by atoms with van der Waals surface area (Å²) in [5, 5.41) is 8.12. The maximum Gasteiger partial charge on any atom is 0.254 e. The minimum absolute atomic E-state index is 0.129. The molecule has 0 atom stereocenters. The zero-order valence-electron chi connectivity index (χ0n) is 19.3. The second-order valence-electron chi connectivity index (χ2n) is 8.66. The van der Waals surface area contributed by atoms with Gasteiger partial charge in [0.05, 0.1) is 23.0 Å². The largest absolute Gasteiger partial charge is 0.383 e. The summed E-state index contributed by atoms with van der Waals surface area (Å²) in [5.74, 6) is -0.0984. The number of amides is 2. The van der Waals surface area contributed by atoms with Gasteiger partial charge in [-0.3, -0.25) is 9.59 Å². The van der Waals surface area contributed by atoms with Crippen LogP contribution >= 0.6 is 11.6 Å². The van der Waals surface area contributed by atoms with E-state index in [1.54, 1.807) is 42.1 Å². The van der Waals surface area contributed by atoms with Crippen LogP contribution in [0.25, 0.3) is 5.69 Å². The number of hydrogen-bond donors (Lipinski definition) is 1. The van der Waals surface area contributed by atoms with Gasteiger partial charge in [0.25, 0.3) is 5.91 Å². The minimum Gasteiger partial charge on any atom is -0.383 e. The fourth-order valence-corrected chi connectivity index (χ4v) is 3.43. The Morgan fingerprint density at radius 3 is 2.39 bits per heavy atom. The lowest BCUT2D eigenvalue weighted by atomic mass is 9.92. The van der Waals surface area contributed by atoms with E-state index in [1.165, 1.54) is 4.90 Å². The van der Waals surface area contributed by atoms with Crippen LogP contribution in [-0.2, 0) is 14.9 Å². The number of rotatable bonds is 8. The lowest BCUT2D eigenvalue weighted by molar-refractivity contribution is -0.117. The number of nitrogens with zero attached hydrogens (tertiary/aromatic N) is 3. The molecule has 0 fully saturated rings. The van der Waals surface area contributed by atoms with Crippen molar-refractivity contribution < 1.29 is 14.3 Å².